The Labute approximate surface area is 172 Å². The van der Waals surface area contributed by atoms with Gasteiger partial charge in [0.1, 0.15) is 0 Å². The Kier molecular flexibility index (Phi) is 5.99. The van der Waals surface area contributed by atoms with Crippen LogP contribution in [0.2, 0.25) is 0 Å². The number of hydrogen-bond acceptors (Lipinski definition) is 9. The summed E-state index contributed by atoms with van der Waals surface area (Å²) in [6, 6.07) is 9.65. The van der Waals surface area contributed by atoms with Crippen LogP contribution < -0.4 is 9.47 Å². The summed E-state index contributed by atoms with van der Waals surface area (Å²) in [7, 11) is 0.452. The van der Waals surface area contributed by atoms with E-state index < -0.39 is 14.9 Å². The molecule has 0 amide bonds. The van der Waals surface area contributed by atoms with Crippen LogP contribution in [0.4, 0.5) is 5.69 Å². The highest BCUT2D eigenvalue weighted by Gasteiger charge is 2.24. The standard InChI is InChI=1S/C18H18N4O7S/c1-21(30(25,26)14-7-5-13(6-8-14)22(23)24)11-17-19-20-18(29-17)12-4-9-15(27-2)16(10-12)28-3/h4-10H,11H2,1-3H3. The molecule has 0 aliphatic heterocycles. The average molecular weight is 434 g/mol. The van der Waals surface area contributed by atoms with E-state index in [-0.39, 0.29) is 28.9 Å². The lowest BCUT2D eigenvalue weighted by atomic mass is 10.2. The Morgan fingerprint density at radius 3 is 2.33 bits per heavy atom. The molecule has 1 aromatic heterocycles. The number of sulfonamides is 1. The zero-order valence-corrected chi connectivity index (χ0v) is 17.1. The lowest BCUT2D eigenvalue weighted by Gasteiger charge is -2.14. The number of ether oxygens (including phenoxy) is 2. The second-order valence-corrected chi connectivity index (χ2v) is 8.13. The van der Waals surface area contributed by atoms with Crippen molar-refractivity contribution in [2.75, 3.05) is 21.3 Å². The molecular formula is C18H18N4O7S. The minimum Gasteiger partial charge on any atom is -0.493 e. The van der Waals surface area contributed by atoms with E-state index in [0.717, 1.165) is 16.4 Å². The van der Waals surface area contributed by atoms with E-state index in [1.165, 1.54) is 33.4 Å². The molecule has 0 unspecified atom stereocenters. The summed E-state index contributed by atoms with van der Waals surface area (Å²) in [5.74, 6) is 1.28. The first-order valence-corrected chi connectivity index (χ1v) is 9.96. The minimum absolute atomic E-state index is 0.0766. The maximum atomic E-state index is 12.7. The molecule has 2 aromatic carbocycles. The number of benzene rings is 2. The second kappa shape index (κ2) is 8.47. The largest absolute Gasteiger partial charge is 0.493 e. The van der Waals surface area contributed by atoms with Crippen molar-refractivity contribution < 1.29 is 27.2 Å². The van der Waals surface area contributed by atoms with Crippen LogP contribution in [-0.4, -0.2) is 49.1 Å². The molecule has 0 aliphatic rings. The molecule has 0 N–H and O–H groups in total. The summed E-state index contributed by atoms with van der Waals surface area (Å²) in [6.45, 7) is -0.181. The van der Waals surface area contributed by atoms with Gasteiger partial charge in [-0.25, -0.2) is 8.42 Å². The lowest BCUT2D eigenvalue weighted by molar-refractivity contribution is -0.384. The van der Waals surface area contributed by atoms with E-state index in [2.05, 4.69) is 10.2 Å². The quantitative estimate of drug-likeness (QED) is 0.386. The van der Waals surface area contributed by atoms with E-state index in [1.54, 1.807) is 18.2 Å². The summed E-state index contributed by atoms with van der Waals surface area (Å²) in [5, 5.41) is 18.6. The summed E-state index contributed by atoms with van der Waals surface area (Å²) >= 11 is 0. The van der Waals surface area contributed by atoms with Gasteiger partial charge in [0.15, 0.2) is 11.5 Å². The molecule has 158 valence electrons. The van der Waals surface area contributed by atoms with Crippen LogP contribution in [0.15, 0.2) is 51.8 Å². The number of rotatable bonds is 8. The summed E-state index contributed by atoms with van der Waals surface area (Å²) < 4.78 is 42.4. The highest BCUT2D eigenvalue weighted by Crippen LogP contribution is 2.32. The molecule has 11 nitrogen and oxygen atoms in total. The molecule has 3 aromatic rings. The number of nitro benzene ring substituents is 1. The molecule has 0 spiro atoms. The Balaban J connectivity index is 1.78. The fraction of sp³-hybridized carbons (Fsp3) is 0.222. The van der Waals surface area contributed by atoms with E-state index in [4.69, 9.17) is 13.9 Å². The first kappa shape index (κ1) is 21.2. The smallest absolute Gasteiger partial charge is 0.269 e. The zero-order chi connectivity index (χ0) is 21.9. The number of methoxy groups -OCH3 is 2. The molecule has 3 rings (SSSR count). The van der Waals surface area contributed by atoms with Crippen LogP contribution in [-0.2, 0) is 16.6 Å². The third-order valence-electron chi connectivity index (χ3n) is 4.21. The molecule has 0 aliphatic carbocycles. The number of hydrogen-bond donors (Lipinski definition) is 0. The zero-order valence-electron chi connectivity index (χ0n) is 16.3. The lowest BCUT2D eigenvalue weighted by Crippen LogP contribution is -2.26. The van der Waals surface area contributed by atoms with Crippen molar-refractivity contribution >= 4 is 15.7 Å². The third-order valence-corrected chi connectivity index (χ3v) is 6.03. The van der Waals surface area contributed by atoms with Crippen LogP contribution in [0.25, 0.3) is 11.5 Å². The van der Waals surface area contributed by atoms with Crippen LogP contribution in [0.5, 0.6) is 11.5 Å². The second-order valence-electron chi connectivity index (χ2n) is 6.08. The third kappa shape index (κ3) is 4.23. The van der Waals surface area contributed by atoms with Gasteiger partial charge in [-0.3, -0.25) is 10.1 Å². The molecule has 0 fully saturated rings. The molecule has 0 saturated heterocycles. The van der Waals surface area contributed by atoms with Gasteiger partial charge in [-0.2, -0.15) is 4.31 Å². The number of nitro groups is 1. The Morgan fingerprint density at radius 2 is 1.73 bits per heavy atom. The molecule has 0 saturated carbocycles. The molecule has 0 atom stereocenters. The van der Waals surface area contributed by atoms with Crippen molar-refractivity contribution in [1.82, 2.24) is 14.5 Å². The number of non-ortho nitro benzene ring substituents is 1. The van der Waals surface area contributed by atoms with Crippen LogP contribution in [0, 0.1) is 10.1 Å². The molecular weight excluding hydrogens is 416 g/mol. The predicted molar refractivity (Wildman–Crippen MR) is 105 cm³/mol. The Hall–Kier alpha value is -3.51. The molecule has 0 radical (unpaired) electrons. The van der Waals surface area contributed by atoms with E-state index in [1.807, 2.05) is 0 Å². The van der Waals surface area contributed by atoms with Crippen molar-refractivity contribution in [1.29, 1.82) is 0 Å². The highest BCUT2D eigenvalue weighted by molar-refractivity contribution is 7.89. The minimum atomic E-state index is -3.91. The maximum absolute atomic E-state index is 12.7. The van der Waals surface area contributed by atoms with Crippen molar-refractivity contribution in [2.24, 2.45) is 0 Å². The molecule has 0 bridgehead atoms. The molecule has 1 heterocycles. The van der Waals surface area contributed by atoms with Crippen LogP contribution in [0.3, 0.4) is 0 Å². The van der Waals surface area contributed by atoms with E-state index >= 15 is 0 Å². The van der Waals surface area contributed by atoms with Crippen molar-refractivity contribution in [2.45, 2.75) is 11.4 Å². The van der Waals surface area contributed by atoms with Gasteiger partial charge in [-0.15, -0.1) is 10.2 Å². The molecule has 12 heteroatoms. The first-order valence-electron chi connectivity index (χ1n) is 8.52. The Bertz CT molecular complexity index is 1160. The average Bonchev–Trinajstić information content (AvgIpc) is 3.21. The molecule has 30 heavy (non-hydrogen) atoms. The predicted octanol–water partition coefficient (Wildman–Crippen LogP) is 2.48. The summed E-state index contributed by atoms with van der Waals surface area (Å²) in [5.41, 5.74) is 0.375. The van der Waals surface area contributed by atoms with Crippen molar-refractivity contribution in [3.05, 3.63) is 58.5 Å². The fourth-order valence-electron chi connectivity index (χ4n) is 2.60. The van der Waals surface area contributed by atoms with Crippen molar-refractivity contribution in [3.63, 3.8) is 0 Å². The maximum Gasteiger partial charge on any atom is 0.269 e. The van der Waals surface area contributed by atoms with Gasteiger partial charge < -0.3 is 13.9 Å². The monoisotopic (exact) mass is 434 g/mol. The highest BCUT2D eigenvalue weighted by atomic mass is 32.2. The topological polar surface area (TPSA) is 138 Å². The Morgan fingerprint density at radius 1 is 1.07 bits per heavy atom. The SMILES string of the molecule is COc1ccc(-c2nnc(CN(C)S(=O)(=O)c3ccc([N+](=O)[O-])cc3)o2)cc1OC. The normalized spacial score (nSPS) is 11.5. The van der Waals surface area contributed by atoms with Crippen molar-refractivity contribution in [3.8, 4) is 23.0 Å². The summed E-state index contributed by atoms with van der Waals surface area (Å²) in [6.07, 6.45) is 0. The van der Waals surface area contributed by atoms with E-state index in [0.29, 0.717) is 17.1 Å². The van der Waals surface area contributed by atoms with Crippen LogP contribution >= 0.6 is 0 Å². The van der Waals surface area contributed by atoms with Gasteiger partial charge in [0.05, 0.1) is 30.6 Å². The van der Waals surface area contributed by atoms with Gasteiger partial charge in [0.2, 0.25) is 21.8 Å². The fourth-order valence-corrected chi connectivity index (χ4v) is 3.72. The number of nitrogens with zero attached hydrogens (tertiary/aromatic N) is 4. The van der Waals surface area contributed by atoms with Gasteiger partial charge in [0, 0.05) is 24.7 Å². The van der Waals surface area contributed by atoms with Gasteiger partial charge in [-0.05, 0) is 30.3 Å². The first-order chi connectivity index (χ1) is 14.3. The number of aromatic nitrogens is 2. The van der Waals surface area contributed by atoms with Gasteiger partial charge in [-0.1, -0.05) is 0 Å². The van der Waals surface area contributed by atoms with Crippen LogP contribution in [0.1, 0.15) is 5.89 Å². The summed E-state index contributed by atoms with van der Waals surface area (Å²) in [4.78, 5) is 10.0. The van der Waals surface area contributed by atoms with E-state index in [9.17, 15) is 18.5 Å². The van der Waals surface area contributed by atoms with Gasteiger partial charge >= 0.3 is 0 Å². The van der Waals surface area contributed by atoms with Gasteiger partial charge in [0.25, 0.3) is 5.69 Å².